The molecule has 0 saturated carbocycles. The first-order chi connectivity index (χ1) is 11.0. The topological polar surface area (TPSA) is 49.3 Å². The second-order valence-electron chi connectivity index (χ2n) is 5.70. The average molecular weight is 314 g/mol. The Hall–Kier alpha value is -2.50. The number of benzene rings is 1. The minimum atomic E-state index is -0.388. The number of rotatable bonds is 2. The van der Waals surface area contributed by atoms with Crippen molar-refractivity contribution < 1.29 is 9.18 Å². The third-order valence-electron chi connectivity index (χ3n) is 3.91. The van der Waals surface area contributed by atoms with E-state index in [2.05, 4.69) is 14.9 Å². The van der Waals surface area contributed by atoms with E-state index in [0.717, 1.165) is 17.3 Å². The third-order valence-corrected chi connectivity index (χ3v) is 3.91. The molecular formula is C17H19FN4O. The summed E-state index contributed by atoms with van der Waals surface area (Å²) in [5, 5.41) is 0. The van der Waals surface area contributed by atoms with Gasteiger partial charge in [0, 0.05) is 43.5 Å². The SMILES string of the molecule is Cc1cc(N2CCN(C(=O)c3cccc(F)c3)CC2)nc(C)n1. The summed E-state index contributed by atoms with van der Waals surface area (Å²) < 4.78 is 13.3. The van der Waals surface area contributed by atoms with Crippen LogP contribution in [0.1, 0.15) is 21.9 Å². The second-order valence-corrected chi connectivity index (χ2v) is 5.70. The van der Waals surface area contributed by atoms with Crippen molar-refractivity contribution in [1.29, 1.82) is 0 Å². The molecule has 1 aromatic carbocycles. The van der Waals surface area contributed by atoms with Gasteiger partial charge in [0.1, 0.15) is 17.5 Å². The van der Waals surface area contributed by atoms with Gasteiger partial charge < -0.3 is 9.80 Å². The number of amides is 1. The van der Waals surface area contributed by atoms with Crippen LogP contribution in [0.3, 0.4) is 0 Å². The first-order valence-electron chi connectivity index (χ1n) is 7.65. The Labute approximate surface area is 134 Å². The average Bonchev–Trinajstić information content (AvgIpc) is 2.53. The summed E-state index contributed by atoms with van der Waals surface area (Å²) in [6.07, 6.45) is 0. The van der Waals surface area contributed by atoms with Crippen molar-refractivity contribution in [1.82, 2.24) is 14.9 Å². The molecule has 3 rings (SSSR count). The Morgan fingerprint density at radius 1 is 1.09 bits per heavy atom. The standard InChI is InChI=1S/C17H19FN4O/c1-12-10-16(20-13(2)19-12)21-6-8-22(9-7-21)17(23)14-4-3-5-15(18)11-14/h3-5,10-11H,6-9H2,1-2H3. The van der Waals surface area contributed by atoms with E-state index < -0.39 is 0 Å². The summed E-state index contributed by atoms with van der Waals surface area (Å²) in [6.45, 7) is 6.42. The monoisotopic (exact) mass is 314 g/mol. The van der Waals surface area contributed by atoms with Crippen molar-refractivity contribution >= 4 is 11.7 Å². The number of aryl methyl sites for hydroxylation is 2. The largest absolute Gasteiger partial charge is 0.353 e. The van der Waals surface area contributed by atoms with Crippen LogP contribution in [0.15, 0.2) is 30.3 Å². The maximum atomic E-state index is 13.3. The molecular weight excluding hydrogens is 295 g/mol. The van der Waals surface area contributed by atoms with Gasteiger partial charge in [-0.25, -0.2) is 14.4 Å². The molecule has 0 spiro atoms. The summed E-state index contributed by atoms with van der Waals surface area (Å²) in [5.41, 5.74) is 1.33. The van der Waals surface area contributed by atoms with Crippen LogP contribution in [0.2, 0.25) is 0 Å². The smallest absolute Gasteiger partial charge is 0.254 e. The molecule has 0 aliphatic carbocycles. The molecule has 6 heteroatoms. The van der Waals surface area contributed by atoms with Crippen LogP contribution in [0, 0.1) is 19.7 Å². The molecule has 2 heterocycles. The lowest BCUT2D eigenvalue weighted by Gasteiger charge is -2.35. The van der Waals surface area contributed by atoms with Crippen molar-refractivity contribution in [3.05, 3.63) is 53.2 Å². The highest BCUT2D eigenvalue weighted by molar-refractivity contribution is 5.94. The zero-order valence-electron chi connectivity index (χ0n) is 13.3. The zero-order valence-corrected chi connectivity index (χ0v) is 13.3. The summed E-state index contributed by atoms with van der Waals surface area (Å²) >= 11 is 0. The molecule has 0 radical (unpaired) electrons. The summed E-state index contributed by atoms with van der Waals surface area (Å²) in [6, 6.07) is 7.79. The first-order valence-corrected chi connectivity index (χ1v) is 7.65. The molecule has 2 aromatic rings. The fourth-order valence-electron chi connectivity index (χ4n) is 2.80. The molecule has 23 heavy (non-hydrogen) atoms. The third kappa shape index (κ3) is 3.47. The van der Waals surface area contributed by atoms with Gasteiger partial charge in [-0.3, -0.25) is 4.79 Å². The Balaban J connectivity index is 1.67. The number of hydrogen-bond donors (Lipinski definition) is 0. The number of hydrogen-bond acceptors (Lipinski definition) is 4. The number of nitrogens with zero attached hydrogens (tertiary/aromatic N) is 4. The lowest BCUT2D eigenvalue weighted by molar-refractivity contribution is 0.0746. The predicted molar refractivity (Wildman–Crippen MR) is 86.0 cm³/mol. The van der Waals surface area contributed by atoms with E-state index in [1.165, 1.54) is 12.1 Å². The maximum absolute atomic E-state index is 13.3. The van der Waals surface area contributed by atoms with E-state index >= 15 is 0 Å². The number of anilines is 1. The van der Waals surface area contributed by atoms with E-state index in [4.69, 9.17) is 0 Å². The number of halogens is 1. The van der Waals surface area contributed by atoms with Crippen molar-refractivity contribution in [2.45, 2.75) is 13.8 Å². The van der Waals surface area contributed by atoms with Gasteiger partial charge in [-0.05, 0) is 32.0 Å². The maximum Gasteiger partial charge on any atom is 0.254 e. The van der Waals surface area contributed by atoms with E-state index in [9.17, 15) is 9.18 Å². The van der Waals surface area contributed by atoms with Gasteiger partial charge in [-0.15, -0.1) is 0 Å². The van der Waals surface area contributed by atoms with Gasteiger partial charge in [-0.2, -0.15) is 0 Å². The van der Waals surface area contributed by atoms with Crippen LogP contribution >= 0.6 is 0 Å². The molecule has 1 saturated heterocycles. The summed E-state index contributed by atoms with van der Waals surface area (Å²) in [5.74, 6) is 1.13. The van der Waals surface area contributed by atoms with Crippen molar-refractivity contribution in [3.8, 4) is 0 Å². The van der Waals surface area contributed by atoms with E-state index in [0.29, 0.717) is 31.7 Å². The quantitative estimate of drug-likeness (QED) is 0.852. The Morgan fingerprint density at radius 2 is 1.83 bits per heavy atom. The Kier molecular flexibility index (Phi) is 4.23. The highest BCUT2D eigenvalue weighted by Gasteiger charge is 2.23. The highest BCUT2D eigenvalue weighted by atomic mass is 19.1. The molecule has 1 aromatic heterocycles. The molecule has 0 N–H and O–H groups in total. The van der Waals surface area contributed by atoms with Gasteiger partial charge in [0.05, 0.1) is 0 Å². The fraction of sp³-hybridized carbons (Fsp3) is 0.353. The van der Waals surface area contributed by atoms with Crippen LogP contribution in [0.5, 0.6) is 0 Å². The van der Waals surface area contributed by atoms with Gasteiger partial charge in [-0.1, -0.05) is 6.07 Å². The zero-order chi connectivity index (χ0) is 16.4. The van der Waals surface area contributed by atoms with Crippen molar-refractivity contribution in [3.63, 3.8) is 0 Å². The van der Waals surface area contributed by atoms with Crippen LogP contribution in [-0.4, -0.2) is 47.0 Å². The summed E-state index contributed by atoms with van der Waals surface area (Å²) in [4.78, 5) is 25.1. The van der Waals surface area contributed by atoms with Crippen LogP contribution in [-0.2, 0) is 0 Å². The van der Waals surface area contributed by atoms with Crippen LogP contribution < -0.4 is 4.90 Å². The molecule has 1 aliphatic heterocycles. The van der Waals surface area contributed by atoms with Crippen LogP contribution in [0.4, 0.5) is 10.2 Å². The Bertz CT molecular complexity index is 706. The second kappa shape index (κ2) is 6.32. The van der Waals surface area contributed by atoms with E-state index in [1.54, 1.807) is 17.0 Å². The minimum Gasteiger partial charge on any atom is -0.353 e. The van der Waals surface area contributed by atoms with Gasteiger partial charge in [0.25, 0.3) is 5.91 Å². The normalized spacial score (nSPS) is 14.9. The molecule has 0 atom stereocenters. The lowest BCUT2D eigenvalue weighted by Crippen LogP contribution is -2.49. The number of carbonyl (C=O) groups excluding carboxylic acids is 1. The highest BCUT2D eigenvalue weighted by Crippen LogP contribution is 2.16. The van der Waals surface area contributed by atoms with Crippen LogP contribution in [0.25, 0.3) is 0 Å². The van der Waals surface area contributed by atoms with Crippen molar-refractivity contribution in [2.75, 3.05) is 31.1 Å². The summed E-state index contributed by atoms with van der Waals surface area (Å²) in [7, 11) is 0. The van der Waals surface area contributed by atoms with Gasteiger partial charge in [0.15, 0.2) is 0 Å². The molecule has 1 fully saturated rings. The van der Waals surface area contributed by atoms with Gasteiger partial charge >= 0.3 is 0 Å². The predicted octanol–water partition coefficient (Wildman–Crippen LogP) is 2.19. The molecule has 0 bridgehead atoms. The molecule has 1 aliphatic rings. The molecule has 0 unspecified atom stereocenters. The lowest BCUT2D eigenvalue weighted by atomic mass is 10.1. The minimum absolute atomic E-state index is 0.126. The molecule has 5 nitrogen and oxygen atoms in total. The number of piperazine rings is 1. The van der Waals surface area contributed by atoms with Gasteiger partial charge in [0.2, 0.25) is 0 Å². The van der Waals surface area contributed by atoms with E-state index in [1.807, 2.05) is 19.9 Å². The fourth-order valence-corrected chi connectivity index (χ4v) is 2.80. The number of carbonyl (C=O) groups is 1. The molecule has 120 valence electrons. The van der Waals surface area contributed by atoms with Crippen molar-refractivity contribution in [2.24, 2.45) is 0 Å². The Morgan fingerprint density at radius 3 is 2.48 bits per heavy atom. The van der Waals surface area contributed by atoms with E-state index in [-0.39, 0.29) is 11.7 Å². The number of aromatic nitrogens is 2. The molecule has 1 amide bonds. The first kappa shape index (κ1) is 15.4.